The van der Waals surface area contributed by atoms with Crippen molar-refractivity contribution in [2.24, 2.45) is 0 Å². The van der Waals surface area contributed by atoms with Crippen LogP contribution in [0.15, 0.2) is 12.7 Å². The van der Waals surface area contributed by atoms with Crippen molar-refractivity contribution in [3.05, 3.63) is 12.7 Å². The van der Waals surface area contributed by atoms with Crippen LogP contribution in [-0.2, 0) is 0 Å². The molecule has 0 saturated carbocycles. The van der Waals surface area contributed by atoms with Crippen LogP contribution in [0.1, 0.15) is 12.8 Å². The summed E-state index contributed by atoms with van der Waals surface area (Å²) >= 11 is 0. The van der Waals surface area contributed by atoms with Crippen molar-refractivity contribution in [1.29, 1.82) is 0 Å². The van der Waals surface area contributed by atoms with E-state index < -0.39 is 0 Å². The Morgan fingerprint density at radius 1 is 1.62 bits per heavy atom. The Hall–Kier alpha value is -0.0100. The van der Waals surface area contributed by atoms with Crippen LogP contribution in [-0.4, -0.2) is 12.6 Å². The fourth-order valence-electron chi connectivity index (χ4n) is 0.913. The third-order valence-electron chi connectivity index (χ3n) is 1.38. The van der Waals surface area contributed by atoms with Crippen LogP contribution in [0.5, 0.6) is 0 Å². The average Bonchev–Trinajstić information content (AvgIpc) is 2.14. The molecule has 0 bridgehead atoms. The van der Waals surface area contributed by atoms with E-state index in [9.17, 15) is 0 Å². The minimum atomic E-state index is 0. The summed E-state index contributed by atoms with van der Waals surface area (Å²) < 4.78 is 0. The summed E-state index contributed by atoms with van der Waals surface area (Å²) in [7, 11) is 0. The fraction of sp³-hybridized carbons (Fsp3) is 0.667. The van der Waals surface area contributed by atoms with Crippen LogP contribution in [0.2, 0.25) is 0 Å². The largest absolute Gasteiger partial charge is 0.311 e. The van der Waals surface area contributed by atoms with Crippen molar-refractivity contribution in [1.82, 2.24) is 5.32 Å². The van der Waals surface area contributed by atoms with Gasteiger partial charge in [0.15, 0.2) is 0 Å². The average molecular weight is 134 g/mol. The van der Waals surface area contributed by atoms with Crippen molar-refractivity contribution in [3.63, 3.8) is 0 Å². The van der Waals surface area contributed by atoms with Gasteiger partial charge in [-0.2, -0.15) is 0 Å². The van der Waals surface area contributed by atoms with Crippen LogP contribution in [0, 0.1) is 0 Å². The molecule has 1 saturated heterocycles. The molecular weight excluding hydrogens is 122 g/mol. The smallest absolute Gasteiger partial charge is 0.0247 e. The first-order valence-electron chi connectivity index (χ1n) is 2.79. The Kier molecular flexibility index (Phi) is 3.92. The fourth-order valence-corrected chi connectivity index (χ4v) is 0.913. The number of nitrogens with one attached hydrogen (secondary N) is 1. The third-order valence-corrected chi connectivity index (χ3v) is 1.38. The van der Waals surface area contributed by atoms with Gasteiger partial charge in [0.1, 0.15) is 0 Å². The minimum absolute atomic E-state index is 0. The second-order valence-electron chi connectivity index (χ2n) is 1.94. The first kappa shape index (κ1) is 7.99. The highest BCUT2D eigenvalue weighted by Gasteiger charge is 2.07. The van der Waals surface area contributed by atoms with E-state index >= 15 is 0 Å². The highest BCUT2D eigenvalue weighted by molar-refractivity contribution is 5.85. The van der Waals surface area contributed by atoms with E-state index in [0.29, 0.717) is 6.04 Å². The Balaban J connectivity index is 0.000000490. The van der Waals surface area contributed by atoms with E-state index in [4.69, 9.17) is 0 Å². The normalized spacial score (nSPS) is 26.8. The molecule has 1 rings (SSSR count). The van der Waals surface area contributed by atoms with E-state index in [-0.39, 0.29) is 12.4 Å². The second kappa shape index (κ2) is 3.93. The van der Waals surface area contributed by atoms with E-state index in [1.807, 2.05) is 6.08 Å². The molecule has 1 heterocycles. The van der Waals surface area contributed by atoms with E-state index in [0.717, 1.165) is 0 Å². The number of halogens is 1. The molecule has 48 valence electrons. The highest BCUT2D eigenvalue weighted by Crippen LogP contribution is 2.03. The molecule has 1 unspecified atom stereocenters. The maximum atomic E-state index is 3.68. The number of hydrogen-bond donors (Lipinski definition) is 1. The van der Waals surface area contributed by atoms with Gasteiger partial charge in [-0.1, -0.05) is 6.08 Å². The van der Waals surface area contributed by atoms with Crippen molar-refractivity contribution >= 4 is 12.4 Å². The molecule has 0 aliphatic carbocycles. The van der Waals surface area contributed by atoms with E-state index in [2.05, 4.69) is 11.9 Å². The topological polar surface area (TPSA) is 12.0 Å². The van der Waals surface area contributed by atoms with Crippen molar-refractivity contribution in [2.75, 3.05) is 6.54 Å². The first-order chi connectivity index (χ1) is 3.43. The lowest BCUT2D eigenvalue weighted by atomic mass is 10.2. The second-order valence-corrected chi connectivity index (χ2v) is 1.94. The zero-order chi connectivity index (χ0) is 5.11. The van der Waals surface area contributed by atoms with Crippen molar-refractivity contribution < 1.29 is 0 Å². The lowest BCUT2D eigenvalue weighted by molar-refractivity contribution is 0.729. The molecule has 2 heteroatoms. The van der Waals surface area contributed by atoms with Gasteiger partial charge in [0.2, 0.25) is 0 Å². The summed E-state index contributed by atoms with van der Waals surface area (Å²) in [6.45, 7) is 4.86. The van der Waals surface area contributed by atoms with Gasteiger partial charge in [-0.15, -0.1) is 19.0 Å². The Labute approximate surface area is 56.6 Å². The molecule has 1 N–H and O–H groups in total. The summed E-state index contributed by atoms with van der Waals surface area (Å²) in [4.78, 5) is 0. The maximum absolute atomic E-state index is 3.68. The maximum Gasteiger partial charge on any atom is 0.0247 e. The molecule has 1 fully saturated rings. The number of hydrogen-bond acceptors (Lipinski definition) is 1. The summed E-state index contributed by atoms with van der Waals surface area (Å²) in [6, 6.07) is 0.611. The van der Waals surface area contributed by atoms with Gasteiger partial charge in [-0.25, -0.2) is 0 Å². The predicted molar refractivity (Wildman–Crippen MR) is 38.5 cm³/mol. The van der Waals surface area contributed by atoms with Gasteiger partial charge in [-0.3, -0.25) is 0 Å². The van der Waals surface area contributed by atoms with Crippen LogP contribution < -0.4 is 5.32 Å². The van der Waals surface area contributed by atoms with Gasteiger partial charge < -0.3 is 5.32 Å². The highest BCUT2D eigenvalue weighted by atomic mass is 35.5. The van der Waals surface area contributed by atoms with Crippen LogP contribution >= 0.6 is 12.4 Å². The summed E-state index contributed by atoms with van der Waals surface area (Å²) in [6.07, 6.45) is 4.58. The minimum Gasteiger partial charge on any atom is -0.311 e. The lowest BCUT2D eigenvalue weighted by Gasteiger charge is -1.97. The zero-order valence-electron chi connectivity index (χ0n) is 4.89. The van der Waals surface area contributed by atoms with Crippen LogP contribution in [0.4, 0.5) is 0 Å². The third kappa shape index (κ3) is 1.85. The van der Waals surface area contributed by atoms with Crippen molar-refractivity contribution in [2.45, 2.75) is 18.9 Å². The summed E-state index contributed by atoms with van der Waals surface area (Å²) in [5.74, 6) is 0. The SMILES string of the molecule is C=CC1CCCN1.Cl. The van der Waals surface area contributed by atoms with Gasteiger partial charge in [0.05, 0.1) is 0 Å². The predicted octanol–water partition coefficient (Wildman–Crippen LogP) is 1.35. The molecule has 0 aromatic carbocycles. The first-order valence-corrected chi connectivity index (χ1v) is 2.79. The molecule has 0 aromatic heterocycles. The molecule has 0 aromatic rings. The lowest BCUT2D eigenvalue weighted by Crippen LogP contribution is -2.17. The van der Waals surface area contributed by atoms with E-state index in [1.54, 1.807) is 0 Å². The van der Waals surface area contributed by atoms with Crippen LogP contribution in [0.3, 0.4) is 0 Å². The molecule has 1 aliphatic heterocycles. The molecule has 1 atom stereocenters. The Bertz CT molecular complexity index is 66.9. The molecule has 0 spiro atoms. The molecule has 8 heavy (non-hydrogen) atoms. The van der Waals surface area contributed by atoms with Gasteiger partial charge in [-0.05, 0) is 19.4 Å². The van der Waals surface area contributed by atoms with E-state index in [1.165, 1.54) is 19.4 Å². The van der Waals surface area contributed by atoms with Gasteiger partial charge in [0.25, 0.3) is 0 Å². The molecule has 1 aliphatic rings. The van der Waals surface area contributed by atoms with Gasteiger partial charge >= 0.3 is 0 Å². The zero-order valence-corrected chi connectivity index (χ0v) is 5.71. The van der Waals surface area contributed by atoms with Crippen LogP contribution in [0.25, 0.3) is 0 Å². The number of rotatable bonds is 1. The molecule has 0 amide bonds. The molecular formula is C6H12ClN. The Morgan fingerprint density at radius 3 is 2.62 bits per heavy atom. The Morgan fingerprint density at radius 2 is 2.38 bits per heavy atom. The van der Waals surface area contributed by atoms with Gasteiger partial charge in [0, 0.05) is 6.04 Å². The summed E-state index contributed by atoms with van der Waals surface area (Å²) in [5.41, 5.74) is 0. The molecule has 0 radical (unpaired) electrons. The monoisotopic (exact) mass is 133 g/mol. The van der Waals surface area contributed by atoms with Crippen molar-refractivity contribution in [3.8, 4) is 0 Å². The summed E-state index contributed by atoms with van der Waals surface area (Å²) in [5, 5.41) is 3.29. The molecule has 1 nitrogen and oxygen atoms in total. The standard InChI is InChI=1S/C6H11N.ClH/c1-2-6-4-3-5-7-6;/h2,6-7H,1,3-5H2;1H. The quantitative estimate of drug-likeness (QED) is 0.533.